The van der Waals surface area contributed by atoms with E-state index in [1.165, 1.54) is 18.2 Å². The summed E-state index contributed by atoms with van der Waals surface area (Å²) < 4.78 is 31.0. The fourth-order valence-electron chi connectivity index (χ4n) is 3.56. The number of nitrogen functional groups attached to an aromatic ring is 1. The van der Waals surface area contributed by atoms with Crippen LogP contribution < -0.4 is 10.6 Å². The van der Waals surface area contributed by atoms with Gasteiger partial charge in [0.1, 0.15) is 17.4 Å². The standard InChI is InChI=1S/C22H30N4O4S/c1-22(2,3)18-9-8-16(21(24-18)26-12-10-15(30-4)11-13-26)17(27)14-31(28,29)20-7-5-6-19(23)25-20/h5-9,15H,10-14H2,1-4H3,(H2,23,25). The molecule has 1 saturated heterocycles. The Labute approximate surface area is 183 Å². The van der Waals surface area contributed by atoms with Crippen LogP contribution in [0.1, 0.15) is 49.7 Å². The molecule has 2 aromatic rings. The molecule has 0 bridgehead atoms. The maximum absolute atomic E-state index is 13.1. The molecule has 3 heterocycles. The number of Topliss-reactive ketones (excluding diaryl/α,β-unsaturated/α-hetero) is 1. The Balaban J connectivity index is 1.94. The lowest BCUT2D eigenvalue weighted by molar-refractivity contribution is 0.0817. The predicted octanol–water partition coefficient (Wildman–Crippen LogP) is 2.63. The minimum Gasteiger partial charge on any atom is -0.384 e. The normalized spacial score (nSPS) is 15.8. The fourth-order valence-corrected chi connectivity index (χ4v) is 4.74. The number of aromatic nitrogens is 2. The Kier molecular flexibility index (Phi) is 6.66. The van der Waals surface area contributed by atoms with Gasteiger partial charge in [-0.05, 0) is 37.1 Å². The molecular weight excluding hydrogens is 416 g/mol. The highest BCUT2D eigenvalue weighted by Crippen LogP contribution is 2.29. The Bertz CT molecular complexity index is 1060. The minimum atomic E-state index is -3.94. The summed E-state index contributed by atoms with van der Waals surface area (Å²) >= 11 is 0. The van der Waals surface area contributed by atoms with E-state index in [1.54, 1.807) is 19.2 Å². The SMILES string of the molecule is COC1CCN(c2nc(C(C)(C)C)ccc2C(=O)CS(=O)(=O)c2cccc(N)n2)CC1. The molecular formula is C22H30N4O4S. The summed E-state index contributed by atoms with van der Waals surface area (Å²) in [6.45, 7) is 7.51. The van der Waals surface area contributed by atoms with Crippen LogP contribution in [0.2, 0.25) is 0 Å². The molecule has 0 aromatic carbocycles. The molecule has 31 heavy (non-hydrogen) atoms. The van der Waals surface area contributed by atoms with Gasteiger partial charge >= 0.3 is 0 Å². The van der Waals surface area contributed by atoms with Crippen molar-refractivity contribution in [1.29, 1.82) is 0 Å². The summed E-state index contributed by atoms with van der Waals surface area (Å²) in [5, 5.41) is -0.206. The number of nitrogens with two attached hydrogens (primary N) is 1. The number of nitrogens with zero attached hydrogens (tertiary/aromatic N) is 3. The largest absolute Gasteiger partial charge is 0.384 e. The average molecular weight is 447 g/mol. The molecule has 0 aliphatic carbocycles. The van der Waals surface area contributed by atoms with Crippen LogP contribution >= 0.6 is 0 Å². The zero-order chi connectivity index (χ0) is 22.8. The van der Waals surface area contributed by atoms with Crippen LogP contribution in [-0.4, -0.2) is 56.2 Å². The van der Waals surface area contributed by atoms with E-state index in [2.05, 4.69) is 4.98 Å². The van der Waals surface area contributed by atoms with Crippen molar-refractivity contribution < 1.29 is 17.9 Å². The smallest absolute Gasteiger partial charge is 0.203 e. The zero-order valence-electron chi connectivity index (χ0n) is 18.5. The van der Waals surface area contributed by atoms with E-state index in [1.807, 2.05) is 25.7 Å². The molecule has 2 N–H and O–H groups in total. The number of piperidine rings is 1. The highest BCUT2D eigenvalue weighted by molar-refractivity contribution is 7.92. The Morgan fingerprint density at radius 3 is 2.42 bits per heavy atom. The average Bonchev–Trinajstić information content (AvgIpc) is 2.72. The number of ketones is 1. The van der Waals surface area contributed by atoms with E-state index in [-0.39, 0.29) is 22.4 Å². The van der Waals surface area contributed by atoms with Crippen molar-refractivity contribution in [2.45, 2.75) is 50.2 Å². The van der Waals surface area contributed by atoms with Crippen LogP contribution in [0.25, 0.3) is 0 Å². The Morgan fingerprint density at radius 2 is 1.84 bits per heavy atom. The summed E-state index contributed by atoms with van der Waals surface area (Å²) in [4.78, 5) is 23.8. The Morgan fingerprint density at radius 1 is 1.16 bits per heavy atom. The lowest BCUT2D eigenvalue weighted by Gasteiger charge is -2.34. The van der Waals surface area contributed by atoms with Crippen LogP contribution in [-0.2, 0) is 20.0 Å². The molecule has 1 aliphatic heterocycles. The highest BCUT2D eigenvalue weighted by Gasteiger charge is 2.29. The summed E-state index contributed by atoms with van der Waals surface area (Å²) in [5.74, 6) is -0.586. The number of hydrogen-bond acceptors (Lipinski definition) is 8. The number of carbonyl (C=O) groups is 1. The van der Waals surface area contributed by atoms with Crippen LogP contribution in [0, 0.1) is 0 Å². The quantitative estimate of drug-likeness (QED) is 0.673. The molecule has 0 unspecified atom stereocenters. The van der Waals surface area contributed by atoms with Crippen LogP contribution in [0.15, 0.2) is 35.4 Å². The van der Waals surface area contributed by atoms with E-state index < -0.39 is 21.4 Å². The molecule has 0 spiro atoms. The number of ether oxygens (including phenoxy) is 1. The van der Waals surface area contributed by atoms with Crippen LogP contribution in [0.4, 0.5) is 11.6 Å². The number of pyridine rings is 2. The molecule has 0 atom stereocenters. The lowest BCUT2D eigenvalue weighted by atomic mass is 9.91. The van der Waals surface area contributed by atoms with Crippen LogP contribution in [0.5, 0.6) is 0 Å². The summed E-state index contributed by atoms with van der Waals surface area (Å²) in [5.41, 5.74) is 6.55. The highest BCUT2D eigenvalue weighted by atomic mass is 32.2. The molecule has 0 saturated carbocycles. The van der Waals surface area contributed by atoms with Gasteiger partial charge < -0.3 is 15.4 Å². The lowest BCUT2D eigenvalue weighted by Crippen LogP contribution is -2.38. The van der Waals surface area contributed by atoms with Gasteiger partial charge in [-0.25, -0.2) is 18.4 Å². The van der Waals surface area contributed by atoms with Gasteiger partial charge in [0, 0.05) is 31.3 Å². The van der Waals surface area contributed by atoms with E-state index in [4.69, 9.17) is 15.5 Å². The van der Waals surface area contributed by atoms with Gasteiger partial charge in [0.05, 0.1) is 11.7 Å². The van der Waals surface area contributed by atoms with Crippen molar-refractivity contribution in [3.8, 4) is 0 Å². The van der Waals surface area contributed by atoms with Crippen molar-refractivity contribution in [3.05, 3.63) is 41.6 Å². The van der Waals surface area contributed by atoms with E-state index in [0.29, 0.717) is 24.5 Å². The first kappa shape index (κ1) is 23.1. The number of anilines is 2. The number of sulfone groups is 1. The summed E-state index contributed by atoms with van der Waals surface area (Å²) in [6, 6.07) is 7.83. The first-order chi connectivity index (χ1) is 14.5. The monoisotopic (exact) mass is 446 g/mol. The molecule has 9 heteroatoms. The van der Waals surface area contributed by atoms with Crippen molar-refractivity contribution in [2.24, 2.45) is 0 Å². The van der Waals surface area contributed by atoms with Crippen molar-refractivity contribution in [3.63, 3.8) is 0 Å². The molecule has 168 valence electrons. The second-order valence-electron chi connectivity index (χ2n) is 8.82. The van der Waals surface area contributed by atoms with Crippen molar-refractivity contribution >= 4 is 27.3 Å². The van der Waals surface area contributed by atoms with Gasteiger partial charge in [0.25, 0.3) is 0 Å². The molecule has 0 amide bonds. The van der Waals surface area contributed by atoms with E-state index in [9.17, 15) is 13.2 Å². The third-order valence-electron chi connectivity index (χ3n) is 5.40. The minimum absolute atomic E-state index is 0.0893. The number of rotatable bonds is 6. The topological polar surface area (TPSA) is 115 Å². The number of carbonyl (C=O) groups excluding carboxylic acids is 1. The van der Waals surface area contributed by atoms with Gasteiger partial charge in [-0.15, -0.1) is 0 Å². The summed E-state index contributed by atoms with van der Waals surface area (Å²) in [7, 11) is -2.24. The summed E-state index contributed by atoms with van der Waals surface area (Å²) in [6.07, 6.45) is 1.81. The molecule has 0 radical (unpaired) electrons. The Hall–Kier alpha value is -2.52. The second kappa shape index (κ2) is 8.92. The number of hydrogen-bond donors (Lipinski definition) is 1. The molecule has 1 aliphatic rings. The second-order valence-corrected chi connectivity index (χ2v) is 10.8. The molecule has 2 aromatic heterocycles. The first-order valence-corrected chi connectivity index (χ1v) is 11.9. The third kappa shape index (κ3) is 5.40. The molecule has 3 rings (SSSR count). The van der Waals surface area contributed by atoms with Gasteiger partial charge in [-0.2, -0.15) is 0 Å². The van der Waals surface area contributed by atoms with E-state index in [0.717, 1.165) is 18.5 Å². The van der Waals surface area contributed by atoms with Gasteiger partial charge in [-0.3, -0.25) is 4.79 Å². The van der Waals surface area contributed by atoms with Gasteiger partial charge in [-0.1, -0.05) is 26.8 Å². The fraction of sp³-hybridized carbons (Fsp3) is 0.500. The van der Waals surface area contributed by atoms with Crippen LogP contribution in [0.3, 0.4) is 0 Å². The van der Waals surface area contributed by atoms with Gasteiger partial charge in [0.2, 0.25) is 9.84 Å². The molecule has 8 nitrogen and oxygen atoms in total. The predicted molar refractivity (Wildman–Crippen MR) is 120 cm³/mol. The first-order valence-electron chi connectivity index (χ1n) is 10.3. The third-order valence-corrected chi connectivity index (χ3v) is 6.91. The van der Waals surface area contributed by atoms with E-state index >= 15 is 0 Å². The molecule has 1 fully saturated rings. The number of methoxy groups -OCH3 is 1. The maximum atomic E-state index is 13.1. The zero-order valence-corrected chi connectivity index (χ0v) is 19.3. The van der Waals surface area contributed by atoms with Gasteiger partial charge in [0.15, 0.2) is 10.8 Å². The van der Waals surface area contributed by atoms with Crippen molar-refractivity contribution in [2.75, 3.05) is 36.6 Å². The van der Waals surface area contributed by atoms with Crippen molar-refractivity contribution in [1.82, 2.24) is 9.97 Å². The maximum Gasteiger partial charge on any atom is 0.203 e.